The van der Waals surface area contributed by atoms with Crippen LogP contribution in [-0.4, -0.2) is 45.4 Å². The summed E-state index contributed by atoms with van der Waals surface area (Å²) in [5, 5.41) is 0.0855. The van der Waals surface area contributed by atoms with Gasteiger partial charge in [-0.05, 0) is 39.5 Å². The van der Waals surface area contributed by atoms with Crippen molar-refractivity contribution in [1.29, 1.82) is 0 Å². The Morgan fingerprint density at radius 2 is 2.12 bits per heavy atom. The summed E-state index contributed by atoms with van der Waals surface area (Å²) in [7, 11) is 0. The van der Waals surface area contributed by atoms with Crippen LogP contribution in [0.4, 0.5) is 10.6 Å². The van der Waals surface area contributed by atoms with Crippen LogP contribution in [0.5, 0.6) is 0 Å². The predicted octanol–water partition coefficient (Wildman–Crippen LogP) is 2.93. The number of likely N-dealkylation sites (tertiary alicyclic amines) is 1. The van der Waals surface area contributed by atoms with Crippen molar-refractivity contribution in [1.82, 2.24) is 14.9 Å². The molecule has 132 valence electrons. The number of carbonyl (C=O) groups excluding carboxylic acids is 2. The Morgan fingerprint density at radius 1 is 1.42 bits per heavy atom. The summed E-state index contributed by atoms with van der Waals surface area (Å²) in [4.78, 5) is 33.9. The normalized spacial score (nSPS) is 18.3. The summed E-state index contributed by atoms with van der Waals surface area (Å²) in [6, 6.07) is 0. The van der Waals surface area contributed by atoms with Crippen LogP contribution < -0.4 is 5.73 Å². The number of halogens is 1. The first kappa shape index (κ1) is 18.4. The van der Waals surface area contributed by atoms with Crippen molar-refractivity contribution in [3.8, 4) is 0 Å². The highest BCUT2D eigenvalue weighted by Crippen LogP contribution is 2.26. The van der Waals surface area contributed by atoms with Crippen LogP contribution in [0.15, 0.2) is 6.33 Å². The highest BCUT2D eigenvalue weighted by molar-refractivity contribution is 6.35. The maximum atomic E-state index is 12.4. The highest BCUT2D eigenvalue weighted by Gasteiger charge is 2.29. The minimum Gasteiger partial charge on any atom is -0.444 e. The topological polar surface area (TPSA) is 98.4 Å². The second-order valence-corrected chi connectivity index (χ2v) is 7.36. The molecule has 0 aliphatic carbocycles. The molecule has 0 aromatic carbocycles. The Labute approximate surface area is 146 Å². The number of nitrogens with two attached hydrogens (primary N) is 1. The molecule has 7 nitrogen and oxygen atoms in total. The maximum absolute atomic E-state index is 12.4. The highest BCUT2D eigenvalue weighted by atomic mass is 35.5. The molecule has 8 heteroatoms. The minimum absolute atomic E-state index is 0.0472. The first-order valence-electron chi connectivity index (χ1n) is 7.94. The van der Waals surface area contributed by atoms with Gasteiger partial charge in [-0.2, -0.15) is 0 Å². The number of nitrogen functional groups attached to an aromatic ring is 1. The van der Waals surface area contributed by atoms with Crippen molar-refractivity contribution in [2.75, 3.05) is 18.8 Å². The van der Waals surface area contributed by atoms with Gasteiger partial charge in [0.05, 0.1) is 0 Å². The summed E-state index contributed by atoms with van der Waals surface area (Å²) in [6.07, 6.45) is 2.83. The summed E-state index contributed by atoms with van der Waals surface area (Å²) < 4.78 is 5.39. The van der Waals surface area contributed by atoms with Crippen LogP contribution in [0.1, 0.15) is 50.5 Å². The van der Waals surface area contributed by atoms with E-state index < -0.39 is 5.60 Å². The fourth-order valence-corrected chi connectivity index (χ4v) is 2.86. The molecule has 1 aromatic rings. The number of hydrogen-bond donors (Lipinski definition) is 1. The van der Waals surface area contributed by atoms with Gasteiger partial charge in [-0.15, -0.1) is 0 Å². The average molecular weight is 355 g/mol. The number of hydrogen-bond acceptors (Lipinski definition) is 6. The lowest BCUT2D eigenvalue weighted by atomic mass is 9.92. The van der Waals surface area contributed by atoms with E-state index in [0.717, 1.165) is 12.8 Å². The van der Waals surface area contributed by atoms with Crippen molar-refractivity contribution < 1.29 is 14.3 Å². The zero-order valence-electron chi connectivity index (χ0n) is 14.2. The Kier molecular flexibility index (Phi) is 5.64. The molecule has 24 heavy (non-hydrogen) atoms. The van der Waals surface area contributed by atoms with Gasteiger partial charge in [-0.1, -0.05) is 11.6 Å². The first-order chi connectivity index (χ1) is 11.2. The molecule has 1 unspecified atom stereocenters. The molecule has 1 atom stereocenters. The van der Waals surface area contributed by atoms with E-state index in [1.165, 1.54) is 6.33 Å². The third-order valence-electron chi connectivity index (χ3n) is 3.73. The van der Waals surface area contributed by atoms with Gasteiger partial charge < -0.3 is 15.4 Å². The predicted molar refractivity (Wildman–Crippen MR) is 90.9 cm³/mol. The van der Waals surface area contributed by atoms with Crippen molar-refractivity contribution >= 4 is 29.3 Å². The molecule has 1 aromatic heterocycles. The van der Waals surface area contributed by atoms with Crippen LogP contribution in [0, 0.1) is 5.92 Å². The Hall–Kier alpha value is -1.89. The van der Waals surface area contributed by atoms with Crippen molar-refractivity contribution in [3.63, 3.8) is 0 Å². The second kappa shape index (κ2) is 7.34. The van der Waals surface area contributed by atoms with Crippen molar-refractivity contribution in [2.45, 2.75) is 45.6 Å². The number of ketones is 1. The number of ether oxygens (including phenoxy) is 1. The molecule has 1 amide bonds. The van der Waals surface area contributed by atoms with E-state index >= 15 is 0 Å². The van der Waals surface area contributed by atoms with Crippen molar-refractivity contribution in [2.24, 2.45) is 5.92 Å². The monoisotopic (exact) mass is 354 g/mol. The van der Waals surface area contributed by atoms with Gasteiger partial charge in [-0.3, -0.25) is 4.79 Å². The van der Waals surface area contributed by atoms with Gasteiger partial charge in [-0.25, -0.2) is 14.8 Å². The molecular formula is C16H23ClN4O3. The number of aromatic nitrogens is 2. The Morgan fingerprint density at radius 3 is 2.79 bits per heavy atom. The number of Topliss-reactive ketones (excluding diaryl/α,β-unsaturated/α-hetero) is 1. The fraction of sp³-hybridized carbons (Fsp3) is 0.625. The van der Waals surface area contributed by atoms with Gasteiger partial charge in [0.2, 0.25) is 0 Å². The van der Waals surface area contributed by atoms with Gasteiger partial charge in [0.1, 0.15) is 28.5 Å². The number of piperidine rings is 1. The van der Waals surface area contributed by atoms with E-state index in [0.29, 0.717) is 13.1 Å². The average Bonchev–Trinajstić information content (AvgIpc) is 2.48. The lowest BCUT2D eigenvalue weighted by Crippen LogP contribution is -2.43. The number of carbonyl (C=O) groups is 2. The van der Waals surface area contributed by atoms with Crippen LogP contribution in [0.2, 0.25) is 5.02 Å². The summed E-state index contributed by atoms with van der Waals surface area (Å²) in [5.74, 6) is -0.0507. The number of anilines is 1. The van der Waals surface area contributed by atoms with E-state index in [9.17, 15) is 9.59 Å². The molecule has 0 spiro atoms. The summed E-state index contributed by atoms with van der Waals surface area (Å²) in [5.41, 5.74) is 5.21. The zero-order valence-corrected chi connectivity index (χ0v) is 15.0. The lowest BCUT2D eigenvalue weighted by molar-refractivity contribution is 0.0161. The molecule has 2 rings (SSSR count). The molecule has 1 aliphatic rings. The molecule has 1 aliphatic heterocycles. The number of nitrogens with zero attached hydrogens (tertiary/aromatic N) is 3. The van der Waals surface area contributed by atoms with Gasteiger partial charge in [0, 0.05) is 19.5 Å². The standard InChI is InChI=1S/C16H23ClN4O3/c1-16(2,3)24-15(23)21-6-4-5-10(8-21)7-11(22)13-12(17)14(18)20-9-19-13/h9-10H,4-8H2,1-3H3,(H2,18,19,20). The van der Waals surface area contributed by atoms with Crippen LogP contribution in [0.3, 0.4) is 0 Å². The van der Waals surface area contributed by atoms with Crippen molar-refractivity contribution in [3.05, 3.63) is 17.0 Å². The molecule has 2 heterocycles. The van der Waals surface area contributed by atoms with E-state index in [1.54, 1.807) is 4.90 Å². The quantitative estimate of drug-likeness (QED) is 0.838. The van der Waals surface area contributed by atoms with E-state index in [4.69, 9.17) is 22.1 Å². The molecule has 1 saturated heterocycles. The summed E-state index contributed by atoms with van der Waals surface area (Å²) in [6.45, 7) is 6.62. The third kappa shape index (κ3) is 4.80. The molecular weight excluding hydrogens is 332 g/mol. The maximum Gasteiger partial charge on any atom is 0.410 e. The first-order valence-corrected chi connectivity index (χ1v) is 8.32. The van der Waals surface area contributed by atoms with Gasteiger partial charge in [0.15, 0.2) is 5.78 Å². The zero-order chi connectivity index (χ0) is 17.9. The fourth-order valence-electron chi connectivity index (χ4n) is 2.66. The summed E-state index contributed by atoms with van der Waals surface area (Å²) >= 11 is 6.00. The molecule has 2 N–H and O–H groups in total. The molecule has 0 bridgehead atoms. The van der Waals surface area contributed by atoms with Crippen LogP contribution in [-0.2, 0) is 4.74 Å². The second-order valence-electron chi connectivity index (χ2n) is 6.98. The minimum atomic E-state index is -0.536. The largest absolute Gasteiger partial charge is 0.444 e. The molecule has 0 radical (unpaired) electrons. The Bertz CT molecular complexity index is 630. The smallest absolute Gasteiger partial charge is 0.410 e. The van der Waals surface area contributed by atoms with E-state index in [2.05, 4.69) is 9.97 Å². The third-order valence-corrected chi connectivity index (χ3v) is 4.10. The molecule has 0 saturated carbocycles. The SMILES string of the molecule is CC(C)(C)OC(=O)N1CCCC(CC(=O)c2ncnc(N)c2Cl)C1. The van der Waals surface area contributed by atoms with Gasteiger partial charge >= 0.3 is 6.09 Å². The van der Waals surface area contributed by atoms with Crippen LogP contribution in [0.25, 0.3) is 0 Å². The molecule has 1 fully saturated rings. The van der Waals surface area contributed by atoms with E-state index in [1.807, 2.05) is 20.8 Å². The van der Waals surface area contributed by atoms with E-state index in [-0.39, 0.29) is 40.7 Å². The van der Waals surface area contributed by atoms with Gasteiger partial charge in [0.25, 0.3) is 0 Å². The Balaban J connectivity index is 1.99. The lowest BCUT2D eigenvalue weighted by Gasteiger charge is -2.33. The number of amides is 1. The van der Waals surface area contributed by atoms with Crippen LogP contribution >= 0.6 is 11.6 Å². The number of rotatable bonds is 3.